The van der Waals surface area contributed by atoms with Crippen molar-refractivity contribution in [3.8, 4) is 11.1 Å². The van der Waals surface area contributed by atoms with E-state index in [1.807, 2.05) is 42.5 Å². The van der Waals surface area contributed by atoms with Gasteiger partial charge in [-0.2, -0.15) is 0 Å². The molecule has 0 aromatic heterocycles. The minimum atomic E-state index is -0.682. The lowest BCUT2D eigenvalue weighted by Crippen LogP contribution is -2.21. The molecule has 4 nitrogen and oxygen atoms in total. The Bertz CT molecular complexity index is 993. The van der Waals surface area contributed by atoms with Crippen LogP contribution in [0.2, 0.25) is 0 Å². The van der Waals surface area contributed by atoms with Gasteiger partial charge in [-0.1, -0.05) is 78.9 Å². The average Bonchev–Trinajstić information content (AvgIpc) is 2.79. The molecule has 0 aliphatic rings. The highest BCUT2D eigenvalue weighted by molar-refractivity contribution is 5.85. The van der Waals surface area contributed by atoms with Crippen molar-refractivity contribution in [1.29, 1.82) is 0 Å². The highest BCUT2D eigenvalue weighted by Crippen LogP contribution is 2.28. The van der Waals surface area contributed by atoms with E-state index in [0.717, 1.165) is 22.3 Å². The van der Waals surface area contributed by atoms with E-state index in [9.17, 15) is 9.59 Å². The lowest BCUT2D eigenvalue weighted by Gasteiger charge is -2.19. The van der Waals surface area contributed by atoms with E-state index in [-0.39, 0.29) is 19.6 Å². The Labute approximate surface area is 183 Å². The molecule has 0 bridgehead atoms. The molecule has 3 aromatic rings. The fraction of sp³-hybridized carbons (Fsp3) is 0.259. The molecular formula is C27H28O4. The maximum atomic E-state index is 12.7. The fourth-order valence-corrected chi connectivity index (χ4v) is 3.65. The Morgan fingerprint density at radius 3 is 2.03 bits per heavy atom. The average molecular weight is 417 g/mol. The molecule has 1 unspecified atom stereocenters. The van der Waals surface area contributed by atoms with Crippen LogP contribution in [0.15, 0.2) is 78.9 Å². The first-order valence-corrected chi connectivity index (χ1v) is 10.7. The number of carbonyl (C=O) groups excluding carboxylic acids is 2. The Morgan fingerprint density at radius 2 is 1.35 bits per heavy atom. The Hall–Kier alpha value is -3.40. The zero-order chi connectivity index (χ0) is 22.1. The van der Waals surface area contributed by atoms with Crippen LogP contribution < -0.4 is 0 Å². The van der Waals surface area contributed by atoms with Crippen LogP contribution in [0.5, 0.6) is 0 Å². The second-order valence-electron chi connectivity index (χ2n) is 7.25. The number of benzene rings is 3. The monoisotopic (exact) mass is 416 g/mol. The topological polar surface area (TPSA) is 52.6 Å². The zero-order valence-electron chi connectivity index (χ0n) is 18.0. The first-order valence-electron chi connectivity index (χ1n) is 10.7. The summed E-state index contributed by atoms with van der Waals surface area (Å²) in [5, 5.41) is 0. The third-order valence-corrected chi connectivity index (χ3v) is 5.13. The highest BCUT2D eigenvalue weighted by Gasteiger charge is 2.27. The van der Waals surface area contributed by atoms with Crippen molar-refractivity contribution in [2.24, 2.45) is 0 Å². The smallest absolute Gasteiger partial charge is 0.314 e. The number of rotatable bonds is 9. The van der Waals surface area contributed by atoms with Crippen LogP contribution in [-0.2, 0) is 25.5 Å². The molecule has 0 heterocycles. The fourth-order valence-electron chi connectivity index (χ4n) is 3.65. The summed E-state index contributed by atoms with van der Waals surface area (Å²) < 4.78 is 10.3. The third-order valence-electron chi connectivity index (χ3n) is 5.13. The molecule has 3 aromatic carbocycles. The number of ether oxygens (including phenoxy) is 2. The second-order valence-corrected chi connectivity index (χ2v) is 7.25. The summed E-state index contributed by atoms with van der Waals surface area (Å²) in [4.78, 5) is 24.8. The molecule has 0 spiro atoms. The SMILES string of the molecule is CCOC(=O)CC(C(=O)OCC)c1ccccc1Cc1ccc(-c2ccccc2)cc1. The predicted molar refractivity (Wildman–Crippen MR) is 122 cm³/mol. The van der Waals surface area contributed by atoms with Gasteiger partial charge in [0, 0.05) is 0 Å². The van der Waals surface area contributed by atoms with E-state index < -0.39 is 17.9 Å². The molecule has 160 valence electrons. The highest BCUT2D eigenvalue weighted by atomic mass is 16.5. The van der Waals surface area contributed by atoms with Crippen molar-refractivity contribution in [3.63, 3.8) is 0 Å². The molecule has 0 saturated carbocycles. The second kappa shape index (κ2) is 11.1. The van der Waals surface area contributed by atoms with Crippen molar-refractivity contribution in [2.45, 2.75) is 32.6 Å². The normalized spacial score (nSPS) is 11.5. The Balaban J connectivity index is 1.85. The number of carbonyl (C=O) groups is 2. The summed E-state index contributed by atoms with van der Waals surface area (Å²) in [6.45, 7) is 4.06. The molecule has 0 N–H and O–H groups in total. The first-order chi connectivity index (χ1) is 15.1. The lowest BCUT2D eigenvalue weighted by molar-refractivity contribution is -0.151. The summed E-state index contributed by atoms with van der Waals surface area (Å²) >= 11 is 0. The van der Waals surface area contributed by atoms with Crippen LogP contribution in [-0.4, -0.2) is 25.2 Å². The molecule has 4 heteroatoms. The molecule has 0 aliphatic heterocycles. The van der Waals surface area contributed by atoms with Gasteiger partial charge in [-0.15, -0.1) is 0 Å². The summed E-state index contributed by atoms with van der Waals surface area (Å²) in [6, 6.07) is 26.4. The Morgan fingerprint density at radius 1 is 0.742 bits per heavy atom. The molecule has 0 amide bonds. The van der Waals surface area contributed by atoms with Crippen LogP contribution in [0.25, 0.3) is 11.1 Å². The minimum absolute atomic E-state index is 0.0311. The predicted octanol–water partition coefficient (Wildman–Crippen LogP) is 5.54. The van der Waals surface area contributed by atoms with Gasteiger partial charge in [0.25, 0.3) is 0 Å². The van der Waals surface area contributed by atoms with Gasteiger partial charge in [-0.3, -0.25) is 9.59 Å². The van der Waals surface area contributed by atoms with Crippen molar-refractivity contribution < 1.29 is 19.1 Å². The molecule has 31 heavy (non-hydrogen) atoms. The quantitative estimate of drug-likeness (QED) is 0.430. The lowest BCUT2D eigenvalue weighted by atomic mass is 9.88. The molecule has 0 radical (unpaired) electrons. The van der Waals surface area contributed by atoms with Gasteiger partial charge < -0.3 is 9.47 Å². The van der Waals surface area contributed by atoms with Crippen molar-refractivity contribution >= 4 is 11.9 Å². The molecule has 1 atom stereocenters. The van der Waals surface area contributed by atoms with E-state index in [0.29, 0.717) is 6.42 Å². The van der Waals surface area contributed by atoms with Crippen LogP contribution in [0.1, 0.15) is 42.9 Å². The maximum Gasteiger partial charge on any atom is 0.314 e. The number of hydrogen-bond donors (Lipinski definition) is 0. The van der Waals surface area contributed by atoms with Crippen LogP contribution in [0.4, 0.5) is 0 Å². The largest absolute Gasteiger partial charge is 0.466 e. The number of hydrogen-bond acceptors (Lipinski definition) is 4. The third kappa shape index (κ3) is 6.05. The van der Waals surface area contributed by atoms with Gasteiger partial charge >= 0.3 is 11.9 Å². The van der Waals surface area contributed by atoms with E-state index in [4.69, 9.17) is 9.47 Å². The molecule has 3 rings (SSSR count). The van der Waals surface area contributed by atoms with E-state index in [2.05, 4.69) is 36.4 Å². The Kier molecular flexibility index (Phi) is 7.99. The van der Waals surface area contributed by atoms with Gasteiger partial charge in [0.05, 0.1) is 25.6 Å². The molecule has 0 aliphatic carbocycles. The molecular weight excluding hydrogens is 388 g/mol. The van der Waals surface area contributed by atoms with Crippen LogP contribution in [0, 0.1) is 0 Å². The number of esters is 2. The van der Waals surface area contributed by atoms with Crippen molar-refractivity contribution in [2.75, 3.05) is 13.2 Å². The molecule has 0 saturated heterocycles. The van der Waals surface area contributed by atoms with E-state index >= 15 is 0 Å². The standard InChI is InChI=1S/C27H28O4/c1-3-30-26(28)19-25(27(29)31-4-2)24-13-9-8-12-23(24)18-20-14-16-22(17-15-20)21-10-6-5-7-11-21/h5-17,25H,3-4,18-19H2,1-2H3. The van der Waals surface area contributed by atoms with Crippen molar-refractivity contribution in [3.05, 3.63) is 95.6 Å². The first kappa shape index (κ1) is 22.3. The van der Waals surface area contributed by atoms with Crippen LogP contribution >= 0.6 is 0 Å². The summed E-state index contributed by atoms with van der Waals surface area (Å²) in [5.74, 6) is -1.48. The molecule has 0 fully saturated rings. The summed E-state index contributed by atoms with van der Waals surface area (Å²) in [5.41, 5.74) is 5.26. The zero-order valence-corrected chi connectivity index (χ0v) is 18.0. The van der Waals surface area contributed by atoms with E-state index in [1.165, 1.54) is 5.56 Å². The summed E-state index contributed by atoms with van der Waals surface area (Å²) in [6.07, 6.45) is 0.626. The van der Waals surface area contributed by atoms with Gasteiger partial charge in [-0.05, 0) is 48.1 Å². The van der Waals surface area contributed by atoms with E-state index in [1.54, 1.807) is 13.8 Å². The van der Waals surface area contributed by atoms with Crippen molar-refractivity contribution in [1.82, 2.24) is 0 Å². The van der Waals surface area contributed by atoms with Gasteiger partial charge in [0.15, 0.2) is 0 Å². The summed E-state index contributed by atoms with van der Waals surface area (Å²) in [7, 11) is 0. The maximum absolute atomic E-state index is 12.7. The van der Waals surface area contributed by atoms with Gasteiger partial charge in [0.1, 0.15) is 0 Å². The minimum Gasteiger partial charge on any atom is -0.466 e. The van der Waals surface area contributed by atoms with Gasteiger partial charge in [0.2, 0.25) is 0 Å². The van der Waals surface area contributed by atoms with Gasteiger partial charge in [-0.25, -0.2) is 0 Å². The van der Waals surface area contributed by atoms with Crippen LogP contribution in [0.3, 0.4) is 0 Å².